The summed E-state index contributed by atoms with van der Waals surface area (Å²) in [5.74, 6) is 1.57. The number of aromatic nitrogens is 14. The first-order chi connectivity index (χ1) is 44.0. The average molecular weight is 1350 g/mol. The minimum atomic E-state index is -0.843. The zero-order chi connectivity index (χ0) is 63.7. The van der Waals surface area contributed by atoms with Crippen molar-refractivity contribution in [3.05, 3.63) is 240 Å². The molecule has 0 saturated carbocycles. The molecule has 91 heavy (non-hydrogen) atoms. The van der Waals surface area contributed by atoms with Crippen LogP contribution in [0.25, 0.3) is 76.8 Å². The Morgan fingerprint density at radius 3 is 1.48 bits per heavy atom. The lowest BCUT2D eigenvalue weighted by Crippen LogP contribution is -2.02. The minimum absolute atomic E-state index is 0.0163. The van der Waals surface area contributed by atoms with E-state index >= 15 is 0 Å². The Hall–Kier alpha value is -9.48. The van der Waals surface area contributed by atoms with Gasteiger partial charge in [-0.3, -0.25) is 19.7 Å². The van der Waals surface area contributed by atoms with Crippen LogP contribution in [0.5, 0.6) is 0 Å². The molecular weight excluding hydrogens is 1300 g/mol. The summed E-state index contributed by atoms with van der Waals surface area (Å²) in [7, 11) is 0. The largest absolute Gasteiger partial charge is 0.481 e. The van der Waals surface area contributed by atoms with Gasteiger partial charge in [-0.2, -0.15) is 0 Å². The van der Waals surface area contributed by atoms with Crippen LogP contribution in [0.3, 0.4) is 0 Å². The molecule has 0 radical (unpaired) electrons. The molecule has 0 amide bonds. The second kappa shape index (κ2) is 28.6. The van der Waals surface area contributed by atoms with Crippen molar-refractivity contribution < 1.29 is 9.90 Å². The van der Waals surface area contributed by atoms with Gasteiger partial charge in [-0.1, -0.05) is 99.4 Å². The van der Waals surface area contributed by atoms with Gasteiger partial charge in [0, 0.05) is 115 Å². The number of aliphatic carboxylic acids is 1. The predicted molar refractivity (Wildman–Crippen MR) is 365 cm³/mol. The maximum absolute atomic E-state index is 10.5. The highest BCUT2D eigenvalue weighted by atomic mass is 35.5. The van der Waals surface area contributed by atoms with E-state index < -0.39 is 5.97 Å². The Bertz CT molecular complexity index is 5120. The minimum Gasteiger partial charge on any atom is -0.481 e. The zero-order valence-electron chi connectivity index (χ0n) is 47.3. The number of hydrogen-bond acceptors (Lipinski definition) is 15. The van der Waals surface area contributed by atoms with Gasteiger partial charge in [-0.05, 0) is 113 Å². The number of nitrogens with one attached hydrogen (secondary N) is 5. The summed E-state index contributed by atoms with van der Waals surface area (Å²) in [5.41, 5.74) is 29.5. The average Bonchev–Trinajstić information content (AvgIpc) is 2.41. The Labute approximate surface area is 551 Å². The molecule has 0 aliphatic carbocycles. The van der Waals surface area contributed by atoms with Crippen LogP contribution < -0.4 is 22.5 Å². The molecule has 0 unspecified atom stereocenters. The van der Waals surface area contributed by atoms with Crippen molar-refractivity contribution in [3.8, 4) is 0 Å². The van der Waals surface area contributed by atoms with Crippen molar-refractivity contribution in [2.45, 2.75) is 32.4 Å². The molecule has 0 spiro atoms. The Morgan fingerprint density at radius 1 is 0.495 bits per heavy atom. The topological polar surface area (TPSA) is 319 Å². The molecule has 20 nitrogen and oxygen atoms in total. The Kier molecular flexibility index (Phi) is 19.8. The van der Waals surface area contributed by atoms with Crippen LogP contribution in [0, 0.1) is 0 Å². The SMILES string of the molecule is Clc1cnc2ccc(Cc3nc4c(Cl)nccc4[nH]3)cc2c1.Clc1cnc2ccc(Cc3nc4c(NCc5cnc6[nH]cc(Cl)c6c5)nccc4[nH]3)cc2c1.NCc1cnc2[nH]cc(Cl)c2c1.Nc1ccnc(Cl)c1N.O=C(O)Cc1ccc2ncc(Cl)cc2c1. The molecule has 3 aromatic carbocycles. The van der Waals surface area contributed by atoms with Crippen LogP contribution in [0.2, 0.25) is 35.4 Å². The molecule has 456 valence electrons. The molecular formula is C64H49Cl7N18O2. The smallest absolute Gasteiger partial charge is 0.307 e. The fourth-order valence-electron chi connectivity index (χ4n) is 9.48. The van der Waals surface area contributed by atoms with E-state index in [0.717, 1.165) is 111 Å². The lowest BCUT2D eigenvalue weighted by atomic mass is 10.1. The number of carboxylic acids is 1. The maximum atomic E-state index is 10.5. The first kappa shape index (κ1) is 63.1. The highest BCUT2D eigenvalue weighted by Crippen LogP contribution is 2.28. The van der Waals surface area contributed by atoms with Gasteiger partial charge in [0.2, 0.25) is 0 Å². The van der Waals surface area contributed by atoms with Gasteiger partial charge in [0.25, 0.3) is 0 Å². The first-order valence-corrected chi connectivity index (χ1v) is 30.1. The summed E-state index contributed by atoms with van der Waals surface area (Å²) in [6, 6.07) is 32.5. The third-order valence-electron chi connectivity index (χ3n) is 13.8. The molecule has 0 aliphatic rings. The molecule has 27 heteroatoms. The molecule has 15 aromatic rings. The second-order valence-electron chi connectivity index (χ2n) is 20.3. The lowest BCUT2D eigenvalue weighted by Gasteiger charge is -2.06. The number of H-pyrrole nitrogens is 4. The summed E-state index contributed by atoms with van der Waals surface area (Å²) in [4.78, 5) is 66.1. The van der Waals surface area contributed by atoms with Crippen LogP contribution in [0.15, 0.2) is 165 Å². The molecule has 12 N–H and O–H groups in total. The van der Waals surface area contributed by atoms with Crippen molar-refractivity contribution in [2.75, 3.05) is 16.8 Å². The van der Waals surface area contributed by atoms with Crippen LogP contribution in [-0.4, -0.2) is 80.9 Å². The number of halogens is 7. The summed E-state index contributed by atoms with van der Waals surface area (Å²) < 4.78 is 0. The third-order valence-corrected chi connectivity index (χ3v) is 15.7. The quantitative estimate of drug-likeness (QED) is 0.0575. The molecule has 0 fully saturated rings. The highest BCUT2D eigenvalue weighted by molar-refractivity contribution is 6.36. The number of anilines is 3. The van der Waals surface area contributed by atoms with E-state index in [1.165, 1.54) is 6.20 Å². The number of imidazole rings is 2. The Balaban J connectivity index is 0.000000126. The molecule has 0 atom stereocenters. The fourth-order valence-corrected chi connectivity index (χ4v) is 10.7. The summed E-state index contributed by atoms with van der Waals surface area (Å²) in [6.45, 7) is 1.04. The van der Waals surface area contributed by atoms with Gasteiger partial charge in [0.1, 0.15) is 34.0 Å². The van der Waals surface area contributed by atoms with E-state index in [4.69, 9.17) is 108 Å². The monoisotopic (exact) mass is 1350 g/mol. The summed E-state index contributed by atoms with van der Waals surface area (Å²) >= 11 is 41.6. The summed E-state index contributed by atoms with van der Waals surface area (Å²) in [5, 5.41) is 20.6. The lowest BCUT2D eigenvalue weighted by molar-refractivity contribution is -0.136. The van der Waals surface area contributed by atoms with Crippen LogP contribution in [-0.2, 0) is 37.1 Å². The van der Waals surface area contributed by atoms with Gasteiger partial charge >= 0.3 is 5.97 Å². The number of aromatic amines is 4. The van der Waals surface area contributed by atoms with Gasteiger partial charge in [-0.15, -0.1) is 0 Å². The van der Waals surface area contributed by atoms with Crippen molar-refractivity contribution in [3.63, 3.8) is 0 Å². The van der Waals surface area contributed by atoms with Crippen molar-refractivity contribution in [1.82, 2.24) is 69.8 Å². The van der Waals surface area contributed by atoms with Crippen LogP contribution >= 0.6 is 81.2 Å². The van der Waals surface area contributed by atoms with E-state index in [2.05, 4.69) is 88.3 Å². The van der Waals surface area contributed by atoms with Crippen LogP contribution in [0.1, 0.15) is 39.5 Å². The van der Waals surface area contributed by atoms with E-state index in [0.29, 0.717) is 78.9 Å². The van der Waals surface area contributed by atoms with Gasteiger partial charge in [0.15, 0.2) is 16.1 Å². The van der Waals surface area contributed by atoms with Gasteiger partial charge in [-0.25, -0.2) is 34.9 Å². The van der Waals surface area contributed by atoms with E-state index in [1.807, 2.05) is 60.8 Å². The van der Waals surface area contributed by atoms with E-state index in [1.54, 1.807) is 79.9 Å². The maximum Gasteiger partial charge on any atom is 0.307 e. The number of carboxylic acid groups (broad SMARTS) is 1. The number of nitrogen functional groups attached to an aromatic ring is 2. The number of pyridine rings is 8. The predicted octanol–water partition coefficient (Wildman–Crippen LogP) is 15.4. The van der Waals surface area contributed by atoms with Gasteiger partial charge in [0.05, 0.1) is 70.5 Å². The number of hydrogen-bond donors (Lipinski definition) is 9. The number of benzene rings is 3. The fraction of sp³-hybridized carbons (Fsp3) is 0.0781. The zero-order valence-corrected chi connectivity index (χ0v) is 52.6. The molecule has 0 aliphatic heterocycles. The second-order valence-corrected chi connectivity index (χ2v) is 23.1. The number of fused-ring (bicyclic) bond motifs is 7. The van der Waals surface area contributed by atoms with Crippen molar-refractivity contribution in [2.24, 2.45) is 5.73 Å². The molecule has 12 heterocycles. The number of nitrogens with two attached hydrogens (primary N) is 3. The third kappa shape index (κ3) is 15.8. The molecule has 0 saturated heterocycles. The number of rotatable bonds is 10. The normalized spacial score (nSPS) is 11.0. The van der Waals surface area contributed by atoms with Crippen LogP contribution in [0.4, 0.5) is 17.2 Å². The highest BCUT2D eigenvalue weighted by Gasteiger charge is 2.13. The van der Waals surface area contributed by atoms with Crippen molar-refractivity contribution >= 4 is 181 Å². The first-order valence-electron chi connectivity index (χ1n) is 27.5. The Morgan fingerprint density at radius 2 is 0.967 bits per heavy atom. The van der Waals surface area contributed by atoms with Gasteiger partial charge < -0.3 is 47.6 Å². The number of carbonyl (C=O) groups is 1. The standard InChI is InChI=1S/C24H17Cl2N7.C16H10Cl2N4.C11H8ClNO2.C8H8ClN3.C5H6ClN3/c25-16-8-15-5-13(1-2-19(15)28-11-16)7-21-32-20-3-4-27-24(22(20)33-21)30-10-14-6-17-18(26)12-31-23(17)29-9-14;17-11-7-10-5-9(1-2-12(10)20-8-11)6-14-21-13-3-4-19-16(18)15(13)22-14;12-9-5-8-3-7(4-11(14)15)1-2-10(8)13-6-9;9-7-4-12-8-6(7)1-5(2-10)3-11-8;6-5-4(8)3(7)1-2-9-5/h1-6,8-9,11-12H,7,10H2,(H,27,30)(H,29,31)(H,32,33);1-5,7-8H,6H2,(H,21,22);1-3,5-6H,4H2,(H,14,15);1,3-4H,2,10H2,(H,11,12);1-2H,8H2,(H2,7,9). The summed E-state index contributed by atoms with van der Waals surface area (Å²) in [6.07, 6.45) is 18.2. The molecule has 0 bridgehead atoms. The number of nitrogens with zero attached hydrogens (tertiary/aromatic N) is 10. The van der Waals surface area contributed by atoms with E-state index in [9.17, 15) is 4.79 Å². The molecule has 15 rings (SSSR count). The van der Waals surface area contributed by atoms with Crippen molar-refractivity contribution in [1.29, 1.82) is 0 Å². The molecule has 12 aromatic heterocycles. The van der Waals surface area contributed by atoms with E-state index in [-0.39, 0.29) is 11.6 Å².